The molecule has 1 aromatic heterocycles. The molecule has 0 bridgehead atoms. The van der Waals surface area contributed by atoms with Crippen LogP contribution in [-0.4, -0.2) is 39.3 Å². The Morgan fingerprint density at radius 3 is 2.24 bits per heavy atom. The highest BCUT2D eigenvalue weighted by atomic mass is 19.4. The molecule has 206 valence electrons. The molecule has 0 aliphatic carbocycles. The van der Waals surface area contributed by atoms with Crippen LogP contribution in [-0.2, 0) is 23.6 Å². The quantitative estimate of drug-likeness (QED) is 0.368. The van der Waals surface area contributed by atoms with Crippen LogP contribution in [0.3, 0.4) is 0 Å². The molecule has 0 spiro atoms. The molecule has 13 heteroatoms. The predicted octanol–water partition coefficient (Wildman–Crippen LogP) is 5.80. The van der Waals surface area contributed by atoms with Crippen LogP contribution >= 0.6 is 0 Å². The normalized spacial score (nSPS) is 20.0. The Labute approximate surface area is 212 Å². The highest BCUT2D eigenvalue weighted by Gasteiger charge is 2.38. The maximum Gasteiger partial charge on any atom is 0.416 e. The van der Waals surface area contributed by atoms with Crippen LogP contribution < -0.4 is 5.69 Å². The second-order valence-corrected chi connectivity index (χ2v) is 9.32. The van der Waals surface area contributed by atoms with Crippen molar-refractivity contribution in [2.45, 2.75) is 56.7 Å². The number of halogens is 7. The molecule has 0 unspecified atom stereocenters. The molecule has 6 nitrogen and oxygen atoms in total. The van der Waals surface area contributed by atoms with Gasteiger partial charge in [-0.3, -0.25) is 9.88 Å². The fourth-order valence-corrected chi connectivity index (χ4v) is 4.71. The van der Waals surface area contributed by atoms with E-state index in [0.29, 0.717) is 31.0 Å². The van der Waals surface area contributed by atoms with Crippen molar-refractivity contribution in [1.82, 2.24) is 20.1 Å². The van der Waals surface area contributed by atoms with E-state index in [1.807, 2.05) is 4.90 Å². The van der Waals surface area contributed by atoms with Gasteiger partial charge >= 0.3 is 18.0 Å². The maximum atomic E-state index is 13.6. The third-order valence-electron chi connectivity index (χ3n) is 6.63. The zero-order valence-corrected chi connectivity index (χ0v) is 20.2. The zero-order chi connectivity index (χ0) is 27.7. The Hall–Kier alpha value is -3.19. The summed E-state index contributed by atoms with van der Waals surface area (Å²) in [4.78, 5) is 16.0. The van der Waals surface area contributed by atoms with Gasteiger partial charge in [0.25, 0.3) is 0 Å². The van der Waals surface area contributed by atoms with Crippen molar-refractivity contribution >= 4 is 0 Å². The highest BCUT2D eigenvalue weighted by Crippen LogP contribution is 2.39. The second kappa shape index (κ2) is 10.9. The van der Waals surface area contributed by atoms with E-state index in [4.69, 9.17) is 4.74 Å². The van der Waals surface area contributed by atoms with Gasteiger partial charge in [-0.15, -0.1) is 0 Å². The average Bonchev–Trinajstić information content (AvgIpc) is 3.26. The summed E-state index contributed by atoms with van der Waals surface area (Å²) in [5.41, 5.74) is -2.55. The van der Waals surface area contributed by atoms with E-state index >= 15 is 0 Å². The third-order valence-corrected chi connectivity index (χ3v) is 6.63. The molecule has 1 aliphatic heterocycles. The number of aromatic amines is 2. The van der Waals surface area contributed by atoms with Crippen molar-refractivity contribution < 1.29 is 35.5 Å². The van der Waals surface area contributed by atoms with Gasteiger partial charge in [-0.05, 0) is 60.2 Å². The van der Waals surface area contributed by atoms with Crippen molar-refractivity contribution in [2.75, 3.05) is 13.2 Å². The molecule has 4 rings (SSSR count). The number of benzene rings is 2. The van der Waals surface area contributed by atoms with Crippen LogP contribution in [0.25, 0.3) is 0 Å². The number of morpholine rings is 1. The van der Waals surface area contributed by atoms with Gasteiger partial charge in [0, 0.05) is 6.54 Å². The topological polar surface area (TPSA) is 74.0 Å². The summed E-state index contributed by atoms with van der Waals surface area (Å²) in [5.74, 6) is -0.711. The number of alkyl halides is 6. The lowest BCUT2D eigenvalue weighted by Gasteiger charge is -2.41. The van der Waals surface area contributed by atoms with E-state index < -0.39 is 53.1 Å². The Morgan fingerprint density at radius 2 is 1.68 bits per heavy atom. The number of hydrogen-bond donors (Lipinski definition) is 2. The summed E-state index contributed by atoms with van der Waals surface area (Å²) in [7, 11) is 0. The van der Waals surface area contributed by atoms with Gasteiger partial charge < -0.3 is 4.74 Å². The van der Waals surface area contributed by atoms with Gasteiger partial charge in [0.2, 0.25) is 0 Å². The highest BCUT2D eigenvalue weighted by molar-refractivity contribution is 5.35. The number of H-pyrrole nitrogens is 2. The number of rotatable bonds is 7. The molecular weight excluding hydrogens is 521 g/mol. The van der Waals surface area contributed by atoms with Gasteiger partial charge in [0.15, 0.2) is 0 Å². The van der Waals surface area contributed by atoms with Crippen LogP contribution in [0.1, 0.15) is 59.8 Å². The molecule has 0 saturated carbocycles. The lowest BCUT2D eigenvalue weighted by atomic mass is 9.88. The molecule has 1 saturated heterocycles. The lowest BCUT2D eigenvalue weighted by molar-refractivity contribution is -0.143. The predicted molar refractivity (Wildman–Crippen MR) is 123 cm³/mol. The Bertz CT molecular complexity index is 1250. The van der Waals surface area contributed by atoms with E-state index in [-0.39, 0.29) is 24.6 Å². The van der Waals surface area contributed by atoms with Crippen LogP contribution in [0, 0.1) is 5.82 Å². The van der Waals surface area contributed by atoms with Crippen LogP contribution in [0.2, 0.25) is 0 Å². The largest absolute Gasteiger partial charge is 0.416 e. The van der Waals surface area contributed by atoms with Crippen molar-refractivity contribution in [3.05, 3.63) is 86.8 Å². The van der Waals surface area contributed by atoms with Crippen molar-refractivity contribution in [2.24, 2.45) is 0 Å². The van der Waals surface area contributed by atoms with Crippen LogP contribution in [0.4, 0.5) is 30.7 Å². The smallest absolute Gasteiger partial charge is 0.375 e. The molecule has 3 atom stereocenters. The molecule has 3 aromatic rings. The molecule has 1 aliphatic rings. The first-order valence-electron chi connectivity index (χ1n) is 11.9. The minimum atomic E-state index is -4.93. The summed E-state index contributed by atoms with van der Waals surface area (Å²) >= 11 is 0. The van der Waals surface area contributed by atoms with E-state index in [1.165, 1.54) is 12.1 Å². The van der Waals surface area contributed by atoms with E-state index in [2.05, 4.69) is 15.2 Å². The van der Waals surface area contributed by atoms with Gasteiger partial charge in [-0.2, -0.15) is 31.4 Å². The molecule has 2 heterocycles. The molecule has 2 aromatic carbocycles. The molecule has 38 heavy (non-hydrogen) atoms. The molecule has 0 radical (unpaired) electrons. The van der Waals surface area contributed by atoms with Crippen molar-refractivity contribution in [1.29, 1.82) is 0 Å². The maximum absolute atomic E-state index is 13.6. The minimum absolute atomic E-state index is 0.0766. The zero-order valence-electron chi connectivity index (χ0n) is 20.2. The van der Waals surface area contributed by atoms with Crippen LogP contribution in [0.5, 0.6) is 0 Å². The first-order chi connectivity index (χ1) is 17.8. The van der Waals surface area contributed by atoms with Crippen LogP contribution in [0.15, 0.2) is 47.3 Å². The fraction of sp³-hybridized carbons (Fsp3) is 0.440. The first kappa shape index (κ1) is 27.8. The Morgan fingerprint density at radius 1 is 1.05 bits per heavy atom. The molecule has 1 fully saturated rings. The van der Waals surface area contributed by atoms with Crippen molar-refractivity contribution in [3.63, 3.8) is 0 Å². The number of nitrogens with one attached hydrogen (secondary N) is 2. The van der Waals surface area contributed by atoms with Gasteiger partial charge in [-0.25, -0.2) is 14.3 Å². The molecule has 2 N–H and O–H groups in total. The number of ether oxygens (including phenoxy) is 1. The summed E-state index contributed by atoms with van der Waals surface area (Å²) in [6.07, 6.45) is -9.83. The summed E-state index contributed by atoms with van der Waals surface area (Å²) < 4.78 is 99.5. The third kappa shape index (κ3) is 6.62. The standard InChI is InChI=1S/C25H25F7N4O2/c1-14(16-10-17(24(27,28)29)12-18(11-16)25(30,31)32)2-7-20-22(15-3-5-19(26)6-4-15)36(8-9-38-20)13-21-33-23(37)35-34-21/h3-6,10-12,14,20,22H,2,7-9,13H2,1H3,(H2,33,34,35,37)/t14-,20+,22-/m0/s1. The lowest BCUT2D eigenvalue weighted by Crippen LogP contribution is -2.45. The number of nitrogens with zero attached hydrogens (tertiary/aromatic N) is 2. The molecule has 0 amide bonds. The summed E-state index contributed by atoms with van der Waals surface area (Å²) in [5, 5.41) is 6.22. The SMILES string of the molecule is C[C@@H](CC[C@H]1OCCN(Cc2n[nH]c(=O)[nH]2)[C@H]1c1ccc(F)cc1)c1cc(C(F)(F)F)cc(C(F)(F)F)c1. The van der Waals surface area contributed by atoms with E-state index in [1.54, 1.807) is 19.1 Å². The first-order valence-corrected chi connectivity index (χ1v) is 11.9. The average molecular weight is 546 g/mol. The van der Waals surface area contributed by atoms with Crippen molar-refractivity contribution in [3.8, 4) is 0 Å². The summed E-state index contributed by atoms with van der Waals surface area (Å²) in [6, 6.07) is 6.95. The van der Waals surface area contributed by atoms with Gasteiger partial charge in [-0.1, -0.05) is 19.1 Å². The minimum Gasteiger partial charge on any atom is -0.375 e. The fourth-order valence-electron chi connectivity index (χ4n) is 4.71. The Kier molecular flexibility index (Phi) is 7.98. The Balaban J connectivity index is 1.58. The number of hydrogen-bond acceptors (Lipinski definition) is 4. The number of aromatic nitrogens is 3. The van der Waals surface area contributed by atoms with Gasteiger partial charge in [0.05, 0.1) is 36.4 Å². The van der Waals surface area contributed by atoms with Gasteiger partial charge in [0.1, 0.15) is 11.6 Å². The van der Waals surface area contributed by atoms with E-state index in [9.17, 15) is 35.5 Å². The van der Waals surface area contributed by atoms with E-state index in [0.717, 1.165) is 12.1 Å². The second-order valence-electron chi connectivity index (χ2n) is 9.32. The monoisotopic (exact) mass is 546 g/mol. The summed E-state index contributed by atoms with van der Waals surface area (Å²) in [6.45, 7) is 2.55. The molecular formula is C25H25F7N4O2.